The lowest BCUT2D eigenvalue weighted by atomic mass is 10.3. The molecule has 0 saturated heterocycles. The molecule has 1 aromatic heterocycles. The summed E-state index contributed by atoms with van der Waals surface area (Å²) in [4.78, 5) is 18.5. The molecule has 1 amide bonds. The minimum absolute atomic E-state index is 0.245. The van der Waals surface area contributed by atoms with Crippen LogP contribution in [0.15, 0.2) is 12.4 Å². The molecule has 78 valence electrons. The summed E-state index contributed by atoms with van der Waals surface area (Å²) in [6, 6.07) is 0. The van der Waals surface area contributed by atoms with Gasteiger partial charge in [0.05, 0.1) is 5.56 Å². The number of rotatable bonds is 2. The minimum atomic E-state index is -0.599. The van der Waals surface area contributed by atoms with Gasteiger partial charge in [0.2, 0.25) is 0 Å². The lowest BCUT2D eigenvalue weighted by molar-refractivity contribution is 0.0705. The summed E-state index contributed by atoms with van der Waals surface area (Å²) in [5.74, 6) is 0.0714. The molecule has 0 aliphatic rings. The van der Waals surface area contributed by atoms with E-state index in [4.69, 9.17) is 5.21 Å². The topological polar surface area (TPSA) is 75.1 Å². The predicted octanol–water partition coefficient (Wildman–Crippen LogP) is 1.18. The van der Waals surface area contributed by atoms with Crippen LogP contribution in [0.1, 0.15) is 37.0 Å². The summed E-state index contributed by atoms with van der Waals surface area (Å²) in [5.41, 5.74) is 1.74. The Morgan fingerprint density at radius 3 is 2.29 bits per heavy atom. The first-order valence-electron chi connectivity index (χ1n) is 4.53. The second-order valence-corrected chi connectivity index (χ2v) is 2.18. The summed E-state index contributed by atoms with van der Waals surface area (Å²) in [6.45, 7) is 5.92. The van der Waals surface area contributed by atoms with E-state index in [1.54, 1.807) is 0 Å². The highest BCUT2D eigenvalue weighted by Gasteiger charge is 2.03. The molecule has 2 N–H and O–H groups in total. The number of amides is 1. The number of nitrogens with one attached hydrogen (secondary N) is 1. The van der Waals surface area contributed by atoms with Crippen LogP contribution in [0, 0.1) is 0 Å². The van der Waals surface area contributed by atoms with E-state index in [9.17, 15) is 4.79 Å². The minimum Gasteiger partial charge on any atom is -0.288 e. The van der Waals surface area contributed by atoms with Crippen LogP contribution < -0.4 is 5.48 Å². The molecule has 0 aliphatic carbocycles. The normalized spacial score (nSPS) is 8.57. The van der Waals surface area contributed by atoms with Crippen molar-refractivity contribution >= 4 is 5.91 Å². The maximum Gasteiger partial charge on any atom is 0.277 e. The van der Waals surface area contributed by atoms with E-state index in [1.807, 2.05) is 20.8 Å². The van der Waals surface area contributed by atoms with Crippen molar-refractivity contribution in [1.29, 1.82) is 0 Å². The SMILES string of the molecule is CC.CCc1ncc(C(=O)NO)cn1. The largest absolute Gasteiger partial charge is 0.288 e. The molecule has 0 unspecified atom stereocenters. The molecule has 0 atom stereocenters. The second-order valence-electron chi connectivity index (χ2n) is 2.18. The molecular weight excluding hydrogens is 182 g/mol. The third kappa shape index (κ3) is 3.49. The first-order valence-corrected chi connectivity index (χ1v) is 4.53. The standard InChI is InChI=1S/C7H9N3O2.C2H6/c1-2-6-8-3-5(4-9-6)7(11)10-12;1-2/h3-4,12H,2H2,1H3,(H,10,11);1-2H3. The molecule has 0 aromatic carbocycles. The van der Waals surface area contributed by atoms with Crippen molar-refractivity contribution in [3.05, 3.63) is 23.8 Å². The zero-order valence-electron chi connectivity index (χ0n) is 8.61. The van der Waals surface area contributed by atoms with Gasteiger partial charge in [0.15, 0.2) is 0 Å². The fraction of sp³-hybridized carbons (Fsp3) is 0.444. The average Bonchev–Trinajstić information content (AvgIpc) is 2.31. The van der Waals surface area contributed by atoms with Gasteiger partial charge < -0.3 is 0 Å². The van der Waals surface area contributed by atoms with E-state index in [-0.39, 0.29) is 5.56 Å². The number of aryl methyl sites for hydroxylation is 1. The molecule has 0 radical (unpaired) electrons. The molecule has 14 heavy (non-hydrogen) atoms. The maximum absolute atomic E-state index is 10.8. The summed E-state index contributed by atoms with van der Waals surface area (Å²) in [5, 5.41) is 8.26. The quantitative estimate of drug-likeness (QED) is 0.551. The summed E-state index contributed by atoms with van der Waals surface area (Å²) >= 11 is 0. The van der Waals surface area contributed by atoms with Gasteiger partial charge in [-0.2, -0.15) is 0 Å². The van der Waals surface area contributed by atoms with E-state index in [1.165, 1.54) is 17.9 Å². The Hall–Kier alpha value is -1.49. The Morgan fingerprint density at radius 2 is 1.93 bits per heavy atom. The molecule has 5 nitrogen and oxygen atoms in total. The van der Waals surface area contributed by atoms with Gasteiger partial charge in [-0.25, -0.2) is 15.4 Å². The van der Waals surface area contributed by atoms with Crippen LogP contribution in [0.3, 0.4) is 0 Å². The average molecular weight is 197 g/mol. The third-order valence-electron chi connectivity index (χ3n) is 1.39. The van der Waals surface area contributed by atoms with Crippen molar-refractivity contribution < 1.29 is 10.0 Å². The summed E-state index contributed by atoms with van der Waals surface area (Å²) in [6.07, 6.45) is 3.47. The first kappa shape index (κ1) is 12.5. The Balaban J connectivity index is 0.000000791. The Labute approximate surface area is 83.2 Å². The van der Waals surface area contributed by atoms with E-state index in [0.717, 1.165) is 6.42 Å². The Kier molecular flexibility index (Phi) is 6.22. The lowest BCUT2D eigenvalue weighted by Gasteiger charge is -1.97. The molecule has 0 spiro atoms. The number of carbonyl (C=O) groups is 1. The Bertz CT molecular complexity index is 272. The van der Waals surface area contributed by atoms with Crippen molar-refractivity contribution in [3.8, 4) is 0 Å². The van der Waals surface area contributed by atoms with E-state index < -0.39 is 5.91 Å². The molecule has 5 heteroatoms. The van der Waals surface area contributed by atoms with Crippen LogP contribution in [0.25, 0.3) is 0 Å². The highest BCUT2D eigenvalue weighted by atomic mass is 16.5. The van der Waals surface area contributed by atoms with Gasteiger partial charge in [0.25, 0.3) is 5.91 Å². The lowest BCUT2D eigenvalue weighted by Crippen LogP contribution is -2.19. The Morgan fingerprint density at radius 1 is 1.43 bits per heavy atom. The molecule has 1 heterocycles. The first-order chi connectivity index (χ1) is 6.77. The fourth-order valence-electron chi connectivity index (χ4n) is 0.719. The van der Waals surface area contributed by atoms with Gasteiger partial charge in [-0.3, -0.25) is 10.0 Å². The third-order valence-corrected chi connectivity index (χ3v) is 1.39. The molecule has 0 aliphatic heterocycles. The van der Waals surface area contributed by atoms with Gasteiger partial charge in [0, 0.05) is 18.8 Å². The highest BCUT2D eigenvalue weighted by molar-refractivity contribution is 5.92. The van der Waals surface area contributed by atoms with Gasteiger partial charge in [0.1, 0.15) is 5.82 Å². The zero-order valence-corrected chi connectivity index (χ0v) is 8.61. The maximum atomic E-state index is 10.8. The van der Waals surface area contributed by atoms with Gasteiger partial charge in [-0.1, -0.05) is 20.8 Å². The van der Waals surface area contributed by atoms with E-state index >= 15 is 0 Å². The zero-order chi connectivity index (χ0) is 11.0. The molecule has 1 rings (SSSR count). The van der Waals surface area contributed by atoms with Gasteiger partial charge in [-0.05, 0) is 0 Å². The molecule has 0 fully saturated rings. The van der Waals surface area contributed by atoms with Gasteiger partial charge >= 0.3 is 0 Å². The van der Waals surface area contributed by atoms with Crippen molar-refractivity contribution in [2.75, 3.05) is 0 Å². The molecule has 1 aromatic rings. The van der Waals surface area contributed by atoms with Crippen molar-refractivity contribution in [1.82, 2.24) is 15.4 Å². The highest BCUT2D eigenvalue weighted by Crippen LogP contribution is 1.95. The van der Waals surface area contributed by atoms with Crippen molar-refractivity contribution in [2.45, 2.75) is 27.2 Å². The van der Waals surface area contributed by atoms with Crippen LogP contribution in [-0.2, 0) is 6.42 Å². The number of aromatic nitrogens is 2. The number of hydrogen-bond acceptors (Lipinski definition) is 4. The van der Waals surface area contributed by atoms with E-state index in [0.29, 0.717) is 5.82 Å². The number of carbonyl (C=O) groups excluding carboxylic acids is 1. The van der Waals surface area contributed by atoms with Crippen LogP contribution in [-0.4, -0.2) is 21.1 Å². The molecular formula is C9H15N3O2. The predicted molar refractivity (Wildman–Crippen MR) is 52.0 cm³/mol. The number of nitrogens with zero attached hydrogens (tertiary/aromatic N) is 2. The van der Waals surface area contributed by atoms with Crippen LogP contribution in [0.4, 0.5) is 0 Å². The van der Waals surface area contributed by atoms with Gasteiger partial charge in [-0.15, -0.1) is 0 Å². The number of hydrogen-bond donors (Lipinski definition) is 2. The second kappa shape index (κ2) is 6.97. The van der Waals surface area contributed by atoms with E-state index in [2.05, 4.69) is 9.97 Å². The van der Waals surface area contributed by atoms with Crippen molar-refractivity contribution in [3.63, 3.8) is 0 Å². The monoisotopic (exact) mass is 197 g/mol. The number of hydroxylamine groups is 1. The summed E-state index contributed by atoms with van der Waals surface area (Å²) in [7, 11) is 0. The van der Waals surface area contributed by atoms with Crippen LogP contribution >= 0.6 is 0 Å². The fourth-order valence-corrected chi connectivity index (χ4v) is 0.719. The molecule has 0 bridgehead atoms. The molecule has 0 saturated carbocycles. The van der Waals surface area contributed by atoms with Crippen LogP contribution in [0.2, 0.25) is 0 Å². The van der Waals surface area contributed by atoms with Crippen molar-refractivity contribution in [2.24, 2.45) is 0 Å². The van der Waals surface area contributed by atoms with Crippen LogP contribution in [0.5, 0.6) is 0 Å². The smallest absolute Gasteiger partial charge is 0.277 e. The summed E-state index contributed by atoms with van der Waals surface area (Å²) < 4.78 is 0.